The number of carbonyl (C=O) groups excluding carboxylic acids is 1. The van der Waals surface area contributed by atoms with E-state index >= 15 is 0 Å². The second-order valence-electron chi connectivity index (χ2n) is 7.65. The second kappa shape index (κ2) is 8.85. The Hall–Kier alpha value is -0.850. The summed E-state index contributed by atoms with van der Waals surface area (Å²) < 4.78 is 11.2. The van der Waals surface area contributed by atoms with Crippen molar-refractivity contribution in [1.82, 2.24) is 15.5 Å². The molecule has 0 radical (unpaired) electrons. The summed E-state index contributed by atoms with van der Waals surface area (Å²) in [7, 11) is 0. The average molecular weight is 327 g/mol. The Morgan fingerprint density at radius 1 is 1.22 bits per heavy atom. The van der Waals surface area contributed by atoms with Crippen LogP contribution in [-0.4, -0.2) is 69.1 Å². The van der Waals surface area contributed by atoms with Gasteiger partial charge in [-0.2, -0.15) is 0 Å². The molecule has 2 fully saturated rings. The van der Waals surface area contributed by atoms with Crippen LogP contribution in [0.2, 0.25) is 0 Å². The van der Waals surface area contributed by atoms with Crippen molar-refractivity contribution in [3.8, 4) is 0 Å². The van der Waals surface area contributed by atoms with Crippen LogP contribution in [0, 0.1) is 5.41 Å². The standard InChI is InChI=1S/C17H33N3O3/c1-17(2,3)15-13-14(5-10-23-15)19-16(21)18-6-4-7-20-8-11-22-12-9-20/h14-15H,4-13H2,1-3H3,(H2,18,19,21)/t14-,15-/m1/s1. The predicted molar refractivity (Wildman–Crippen MR) is 90.6 cm³/mol. The maximum atomic E-state index is 12.0. The molecule has 2 aliphatic rings. The van der Waals surface area contributed by atoms with Gasteiger partial charge < -0.3 is 20.1 Å². The molecule has 0 bridgehead atoms. The van der Waals surface area contributed by atoms with E-state index in [4.69, 9.17) is 9.47 Å². The zero-order chi connectivity index (χ0) is 16.7. The smallest absolute Gasteiger partial charge is 0.315 e. The number of ether oxygens (including phenoxy) is 2. The Balaban J connectivity index is 1.58. The number of nitrogens with one attached hydrogen (secondary N) is 2. The Morgan fingerprint density at radius 2 is 1.96 bits per heavy atom. The van der Waals surface area contributed by atoms with Crippen LogP contribution in [0.15, 0.2) is 0 Å². The summed E-state index contributed by atoms with van der Waals surface area (Å²) in [6.07, 6.45) is 2.98. The van der Waals surface area contributed by atoms with Crippen molar-refractivity contribution < 1.29 is 14.3 Å². The molecule has 2 N–H and O–H groups in total. The van der Waals surface area contributed by atoms with Crippen molar-refractivity contribution in [1.29, 1.82) is 0 Å². The van der Waals surface area contributed by atoms with Gasteiger partial charge in [-0.15, -0.1) is 0 Å². The van der Waals surface area contributed by atoms with Gasteiger partial charge in [-0.3, -0.25) is 4.90 Å². The van der Waals surface area contributed by atoms with Gasteiger partial charge in [0.15, 0.2) is 0 Å². The molecule has 23 heavy (non-hydrogen) atoms. The lowest BCUT2D eigenvalue weighted by Gasteiger charge is -2.37. The highest BCUT2D eigenvalue weighted by molar-refractivity contribution is 5.74. The first kappa shape index (κ1) is 18.5. The predicted octanol–water partition coefficient (Wildman–Crippen LogP) is 1.60. The van der Waals surface area contributed by atoms with E-state index in [0.717, 1.165) is 65.3 Å². The molecule has 0 aliphatic carbocycles. The molecule has 6 nitrogen and oxygen atoms in total. The van der Waals surface area contributed by atoms with Gasteiger partial charge in [-0.25, -0.2) is 4.79 Å². The number of urea groups is 1. The van der Waals surface area contributed by atoms with Crippen molar-refractivity contribution in [2.24, 2.45) is 5.41 Å². The van der Waals surface area contributed by atoms with E-state index in [1.807, 2.05) is 0 Å². The van der Waals surface area contributed by atoms with Crippen LogP contribution in [0.25, 0.3) is 0 Å². The number of amides is 2. The third-order valence-electron chi connectivity index (χ3n) is 4.63. The van der Waals surface area contributed by atoms with Gasteiger partial charge >= 0.3 is 6.03 Å². The largest absolute Gasteiger partial charge is 0.379 e. The Morgan fingerprint density at radius 3 is 2.65 bits per heavy atom. The number of carbonyl (C=O) groups is 1. The molecular weight excluding hydrogens is 294 g/mol. The van der Waals surface area contributed by atoms with E-state index < -0.39 is 0 Å². The number of morpholine rings is 1. The lowest BCUT2D eigenvalue weighted by Crippen LogP contribution is -2.49. The van der Waals surface area contributed by atoms with Crippen molar-refractivity contribution >= 4 is 6.03 Å². The fraction of sp³-hybridized carbons (Fsp3) is 0.941. The zero-order valence-corrected chi connectivity index (χ0v) is 14.9. The molecule has 0 unspecified atom stereocenters. The molecular formula is C17H33N3O3. The maximum absolute atomic E-state index is 12.0. The van der Waals surface area contributed by atoms with Crippen molar-refractivity contribution in [2.75, 3.05) is 46.0 Å². The van der Waals surface area contributed by atoms with E-state index in [-0.39, 0.29) is 23.6 Å². The molecule has 134 valence electrons. The van der Waals surface area contributed by atoms with Gasteiger partial charge in [0, 0.05) is 32.3 Å². The average Bonchev–Trinajstić information content (AvgIpc) is 2.52. The molecule has 2 rings (SSSR count). The molecule has 2 amide bonds. The monoisotopic (exact) mass is 327 g/mol. The summed E-state index contributed by atoms with van der Waals surface area (Å²) in [5.41, 5.74) is 0.120. The van der Waals surface area contributed by atoms with Gasteiger partial charge in [0.1, 0.15) is 0 Å². The van der Waals surface area contributed by atoms with Crippen LogP contribution >= 0.6 is 0 Å². The summed E-state index contributed by atoms with van der Waals surface area (Å²) in [6, 6.07) is 0.166. The van der Waals surface area contributed by atoms with Crippen molar-refractivity contribution in [2.45, 2.75) is 52.2 Å². The first-order chi connectivity index (χ1) is 10.9. The van der Waals surface area contributed by atoms with E-state index in [0.29, 0.717) is 0 Å². The number of nitrogens with zero attached hydrogens (tertiary/aromatic N) is 1. The summed E-state index contributed by atoms with van der Waals surface area (Å²) in [4.78, 5) is 14.4. The molecule has 0 saturated carbocycles. The highest BCUT2D eigenvalue weighted by atomic mass is 16.5. The van der Waals surface area contributed by atoms with E-state index in [9.17, 15) is 4.79 Å². The number of hydrogen-bond donors (Lipinski definition) is 2. The SMILES string of the molecule is CC(C)(C)[C@H]1C[C@H](NC(=O)NCCCN2CCOCC2)CCO1. The van der Waals surface area contributed by atoms with Crippen molar-refractivity contribution in [3.63, 3.8) is 0 Å². The molecule has 0 aromatic carbocycles. The fourth-order valence-corrected chi connectivity index (χ4v) is 3.10. The first-order valence-corrected chi connectivity index (χ1v) is 8.91. The summed E-state index contributed by atoms with van der Waals surface area (Å²) >= 11 is 0. The zero-order valence-electron chi connectivity index (χ0n) is 14.9. The van der Waals surface area contributed by atoms with Gasteiger partial charge in [0.2, 0.25) is 0 Å². The quantitative estimate of drug-likeness (QED) is 0.753. The minimum Gasteiger partial charge on any atom is -0.379 e. The minimum atomic E-state index is -0.0495. The number of rotatable bonds is 5. The van der Waals surface area contributed by atoms with Crippen LogP contribution in [0.1, 0.15) is 40.0 Å². The second-order valence-corrected chi connectivity index (χ2v) is 7.65. The van der Waals surface area contributed by atoms with Crippen LogP contribution in [0.5, 0.6) is 0 Å². The fourth-order valence-electron chi connectivity index (χ4n) is 3.10. The summed E-state index contributed by atoms with van der Waals surface area (Å²) in [5.74, 6) is 0. The maximum Gasteiger partial charge on any atom is 0.315 e. The minimum absolute atomic E-state index is 0.0495. The van der Waals surface area contributed by atoms with Crippen LogP contribution in [0.3, 0.4) is 0 Å². The number of hydrogen-bond acceptors (Lipinski definition) is 4. The van der Waals surface area contributed by atoms with E-state index in [1.54, 1.807) is 0 Å². The van der Waals surface area contributed by atoms with Gasteiger partial charge in [0.05, 0.1) is 19.3 Å². The Bertz CT molecular complexity index is 365. The molecule has 0 aromatic rings. The third kappa shape index (κ3) is 6.65. The lowest BCUT2D eigenvalue weighted by molar-refractivity contribution is -0.0565. The van der Waals surface area contributed by atoms with E-state index in [1.165, 1.54) is 0 Å². The molecule has 2 heterocycles. The van der Waals surface area contributed by atoms with Crippen molar-refractivity contribution in [3.05, 3.63) is 0 Å². The third-order valence-corrected chi connectivity index (χ3v) is 4.63. The molecule has 6 heteroatoms. The lowest BCUT2D eigenvalue weighted by atomic mass is 9.83. The molecule has 0 spiro atoms. The van der Waals surface area contributed by atoms with Crippen LogP contribution < -0.4 is 10.6 Å². The topological polar surface area (TPSA) is 62.8 Å². The van der Waals surface area contributed by atoms with Gasteiger partial charge in [0.25, 0.3) is 0 Å². The first-order valence-electron chi connectivity index (χ1n) is 8.91. The normalized spacial score (nSPS) is 26.7. The Labute approximate surface area is 140 Å². The summed E-state index contributed by atoms with van der Waals surface area (Å²) in [5, 5.41) is 6.07. The summed E-state index contributed by atoms with van der Waals surface area (Å²) in [6.45, 7) is 12.7. The van der Waals surface area contributed by atoms with Crippen LogP contribution in [-0.2, 0) is 9.47 Å². The molecule has 2 atom stereocenters. The van der Waals surface area contributed by atoms with Gasteiger partial charge in [-0.1, -0.05) is 20.8 Å². The molecule has 2 aliphatic heterocycles. The Kier molecular flexibility index (Phi) is 7.11. The molecule has 0 aromatic heterocycles. The van der Waals surface area contributed by atoms with Crippen LogP contribution in [0.4, 0.5) is 4.79 Å². The molecule has 2 saturated heterocycles. The van der Waals surface area contributed by atoms with E-state index in [2.05, 4.69) is 36.3 Å². The van der Waals surface area contributed by atoms with Gasteiger partial charge in [-0.05, 0) is 31.2 Å². The highest BCUT2D eigenvalue weighted by Crippen LogP contribution is 2.29. The highest BCUT2D eigenvalue weighted by Gasteiger charge is 2.32.